The molecule has 4 aromatic heterocycles. The van der Waals surface area contributed by atoms with Crippen LogP contribution >= 0.6 is 0 Å². The summed E-state index contributed by atoms with van der Waals surface area (Å²) < 4.78 is 40.9. The van der Waals surface area contributed by atoms with Crippen LogP contribution in [0.3, 0.4) is 0 Å². The summed E-state index contributed by atoms with van der Waals surface area (Å²) in [5.74, 6) is 0.627. The smallest absolute Gasteiger partial charge is 0.338 e. The van der Waals surface area contributed by atoms with Gasteiger partial charge in [0.2, 0.25) is 0 Å². The van der Waals surface area contributed by atoms with E-state index in [1.807, 2.05) is 18.4 Å². The third-order valence-electron chi connectivity index (χ3n) is 4.18. The maximum atomic E-state index is 13.0. The fourth-order valence-electron chi connectivity index (χ4n) is 2.79. The minimum Gasteiger partial charge on any atom is -0.338 e. The standard InChI is InChI=1S/C19H16F3N7/c1-11(2)29-10-25-15-17(26-12-6-8-24-14(9-12)19(20,21)22)27-16(28-18(15)29)13-5-3-4-7-23-13/h3-11H,1-2H3,(H,24,26,27,28). The van der Waals surface area contributed by atoms with Gasteiger partial charge < -0.3 is 9.88 Å². The molecule has 29 heavy (non-hydrogen) atoms. The SMILES string of the molecule is CC(C)n1cnc2c(Nc3ccnc(C(F)(F)F)c3)nc(-c3ccccn3)nc21. The Kier molecular flexibility index (Phi) is 4.61. The van der Waals surface area contributed by atoms with Crippen LogP contribution in [-0.4, -0.2) is 29.5 Å². The average Bonchev–Trinajstić information content (AvgIpc) is 3.13. The summed E-state index contributed by atoms with van der Waals surface area (Å²) >= 11 is 0. The number of anilines is 2. The number of aromatic nitrogens is 6. The summed E-state index contributed by atoms with van der Waals surface area (Å²) in [6, 6.07) is 7.78. The van der Waals surface area contributed by atoms with E-state index in [0.29, 0.717) is 22.7 Å². The van der Waals surface area contributed by atoms with Gasteiger partial charge in [0.25, 0.3) is 0 Å². The molecule has 7 nitrogen and oxygen atoms in total. The van der Waals surface area contributed by atoms with Crippen molar-refractivity contribution in [1.82, 2.24) is 29.5 Å². The van der Waals surface area contributed by atoms with Gasteiger partial charge in [0.1, 0.15) is 11.4 Å². The van der Waals surface area contributed by atoms with Gasteiger partial charge in [-0.1, -0.05) is 6.07 Å². The van der Waals surface area contributed by atoms with Gasteiger partial charge in [-0.15, -0.1) is 0 Å². The van der Waals surface area contributed by atoms with Crippen molar-refractivity contribution in [1.29, 1.82) is 0 Å². The molecule has 1 N–H and O–H groups in total. The number of hydrogen-bond acceptors (Lipinski definition) is 6. The topological polar surface area (TPSA) is 81.4 Å². The van der Waals surface area contributed by atoms with Gasteiger partial charge in [-0.3, -0.25) is 9.97 Å². The van der Waals surface area contributed by atoms with E-state index < -0.39 is 11.9 Å². The van der Waals surface area contributed by atoms with Crippen molar-refractivity contribution in [2.24, 2.45) is 0 Å². The van der Waals surface area contributed by atoms with E-state index in [1.54, 1.807) is 30.7 Å². The number of imidazole rings is 1. The van der Waals surface area contributed by atoms with Crippen LogP contribution in [-0.2, 0) is 6.18 Å². The highest BCUT2D eigenvalue weighted by Crippen LogP contribution is 2.31. The number of hydrogen-bond donors (Lipinski definition) is 1. The summed E-state index contributed by atoms with van der Waals surface area (Å²) in [6.45, 7) is 3.96. The fraction of sp³-hybridized carbons (Fsp3) is 0.211. The Balaban J connectivity index is 1.85. The summed E-state index contributed by atoms with van der Waals surface area (Å²) in [5, 5.41) is 2.93. The van der Waals surface area contributed by atoms with Gasteiger partial charge in [-0.05, 0) is 38.1 Å². The molecule has 4 heterocycles. The zero-order valence-corrected chi connectivity index (χ0v) is 15.5. The second-order valence-corrected chi connectivity index (χ2v) is 6.58. The first-order chi connectivity index (χ1) is 13.8. The van der Waals surface area contributed by atoms with Gasteiger partial charge >= 0.3 is 6.18 Å². The number of halogens is 3. The third kappa shape index (κ3) is 3.73. The van der Waals surface area contributed by atoms with Crippen molar-refractivity contribution in [3.05, 3.63) is 54.7 Å². The molecule has 0 radical (unpaired) electrons. The van der Waals surface area contributed by atoms with Crippen LogP contribution < -0.4 is 5.32 Å². The summed E-state index contributed by atoms with van der Waals surface area (Å²) in [5.41, 5.74) is 0.746. The predicted molar refractivity (Wildman–Crippen MR) is 101 cm³/mol. The molecule has 4 rings (SSSR count). The van der Waals surface area contributed by atoms with Crippen LogP contribution in [0.1, 0.15) is 25.6 Å². The molecule has 0 saturated carbocycles. The number of nitrogens with one attached hydrogen (secondary N) is 1. The molecule has 4 aromatic rings. The first kappa shape index (κ1) is 18.8. The average molecular weight is 399 g/mol. The van der Waals surface area contributed by atoms with Gasteiger partial charge in [0.05, 0.1) is 6.33 Å². The maximum Gasteiger partial charge on any atom is 0.433 e. The van der Waals surface area contributed by atoms with E-state index in [2.05, 4.69) is 30.2 Å². The third-order valence-corrected chi connectivity index (χ3v) is 4.18. The lowest BCUT2D eigenvalue weighted by Crippen LogP contribution is -2.08. The van der Waals surface area contributed by atoms with Crippen LogP contribution in [0.15, 0.2) is 49.1 Å². The Hall–Kier alpha value is -3.56. The molecular formula is C19H16F3N7. The summed E-state index contributed by atoms with van der Waals surface area (Å²) in [6.07, 6.45) is -0.202. The first-order valence-electron chi connectivity index (χ1n) is 8.79. The monoisotopic (exact) mass is 399 g/mol. The van der Waals surface area contributed by atoms with Gasteiger partial charge in [-0.25, -0.2) is 15.0 Å². The lowest BCUT2D eigenvalue weighted by molar-refractivity contribution is -0.141. The van der Waals surface area contributed by atoms with Crippen molar-refractivity contribution in [2.45, 2.75) is 26.1 Å². The number of fused-ring (bicyclic) bond motifs is 1. The lowest BCUT2D eigenvalue weighted by Gasteiger charge is -2.12. The molecule has 0 atom stereocenters. The largest absolute Gasteiger partial charge is 0.433 e. The van der Waals surface area contributed by atoms with E-state index in [0.717, 1.165) is 12.3 Å². The molecule has 0 saturated heterocycles. The normalized spacial score (nSPS) is 11.9. The van der Waals surface area contributed by atoms with Gasteiger partial charge in [0.15, 0.2) is 22.8 Å². The van der Waals surface area contributed by atoms with Crippen molar-refractivity contribution >= 4 is 22.7 Å². The minimum atomic E-state index is -4.54. The lowest BCUT2D eigenvalue weighted by atomic mass is 10.3. The quantitative estimate of drug-likeness (QED) is 0.539. The van der Waals surface area contributed by atoms with E-state index in [1.165, 1.54) is 6.07 Å². The van der Waals surface area contributed by atoms with E-state index in [4.69, 9.17) is 0 Å². The van der Waals surface area contributed by atoms with Crippen molar-refractivity contribution in [3.63, 3.8) is 0 Å². The Morgan fingerprint density at radius 2 is 1.83 bits per heavy atom. The summed E-state index contributed by atoms with van der Waals surface area (Å²) in [4.78, 5) is 21.1. The Labute approximate surface area is 163 Å². The molecule has 0 aromatic carbocycles. The van der Waals surface area contributed by atoms with Crippen LogP contribution in [0.5, 0.6) is 0 Å². The van der Waals surface area contributed by atoms with Crippen molar-refractivity contribution in [3.8, 4) is 11.5 Å². The second kappa shape index (κ2) is 7.12. The Morgan fingerprint density at radius 3 is 2.52 bits per heavy atom. The fourth-order valence-corrected chi connectivity index (χ4v) is 2.79. The molecule has 0 bridgehead atoms. The minimum absolute atomic E-state index is 0.0806. The summed E-state index contributed by atoms with van der Waals surface area (Å²) in [7, 11) is 0. The molecule has 0 amide bonds. The number of alkyl halides is 3. The maximum absolute atomic E-state index is 13.0. The molecule has 0 spiro atoms. The first-order valence-corrected chi connectivity index (χ1v) is 8.79. The molecule has 0 aliphatic heterocycles. The molecule has 0 aliphatic carbocycles. The molecule has 0 unspecified atom stereocenters. The molecule has 0 aliphatic rings. The van der Waals surface area contributed by atoms with Crippen LogP contribution in [0.2, 0.25) is 0 Å². The highest BCUT2D eigenvalue weighted by Gasteiger charge is 2.32. The highest BCUT2D eigenvalue weighted by molar-refractivity contribution is 5.87. The molecule has 0 fully saturated rings. The second-order valence-electron chi connectivity index (χ2n) is 6.58. The molecular weight excluding hydrogens is 383 g/mol. The zero-order chi connectivity index (χ0) is 20.6. The number of nitrogens with zero attached hydrogens (tertiary/aromatic N) is 6. The van der Waals surface area contributed by atoms with Crippen molar-refractivity contribution < 1.29 is 13.2 Å². The van der Waals surface area contributed by atoms with Crippen molar-refractivity contribution in [2.75, 3.05) is 5.32 Å². The van der Waals surface area contributed by atoms with E-state index in [9.17, 15) is 13.2 Å². The van der Waals surface area contributed by atoms with E-state index in [-0.39, 0.29) is 17.5 Å². The van der Waals surface area contributed by atoms with E-state index >= 15 is 0 Å². The molecule has 10 heteroatoms. The van der Waals surface area contributed by atoms with Gasteiger partial charge in [-0.2, -0.15) is 13.2 Å². The van der Waals surface area contributed by atoms with Crippen LogP contribution in [0, 0.1) is 0 Å². The molecule has 148 valence electrons. The van der Waals surface area contributed by atoms with Crippen LogP contribution in [0.4, 0.5) is 24.7 Å². The number of pyridine rings is 2. The van der Waals surface area contributed by atoms with Gasteiger partial charge in [0, 0.05) is 24.1 Å². The highest BCUT2D eigenvalue weighted by atomic mass is 19.4. The predicted octanol–water partition coefficient (Wildman–Crippen LogP) is 4.63. The number of rotatable bonds is 4. The Bertz CT molecular complexity index is 1150. The zero-order valence-electron chi connectivity index (χ0n) is 15.5. The van der Waals surface area contributed by atoms with Crippen LogP contribution in [0.25, 0.3) is 22.7 Å². The Morgan fingerprint density at radius 1 is 1.00 bits per heavy atom.